The molecule has 4 rings (SSSR count). The molecule has 3 heterocycles. The zero-order valence-corrected chi connectivity index (χ0v) is 24.9. The van der Waals surface area contributed by atoms with E-state index in [1.54, 1.807) is 51.1 Å². The molecule has 14 heteroatoms. The second-order valence-electron chi connectivity index (χ2n) is 11.6. The van der Waals surface area contributed by atoms with E-state index >= 15 is 0 Å². The molecule has 41 heavy (non-hydrogen) atoms. The van der Waals surface area contributed by atoms with Crippen molar-refractivity contribution in [2.24, 2.45) is 5.73 Å². The van der Waals surface area contributed by atoms with Crippen molar-refractivity contribution in [2.75, 3.05) is 19.6 Å². The van der Waals surface area contributed by atoms with Crippen LogP contribution >= 0.6 is 11.8 Å². The lowest BCUT2D eigenvalue weighted by molar-refractivity contribution is -0.161. The average molecular weight is 591 g/mol. The Kier molecular flexibility index (Phi) is 9.38. The van der Waals surface area contributed by atoms with Crippen molar-refractivity contribution >= 4 is 47.4 Å². The van der Waals surface area contributed by atoms with Crippen molar-refractivity contribution in [3.8, 4) is 0 Å². The summed E-state index contributed by atoms with van der Waals surface area (Å²) in [5, 5.41) is 14.2. The number of hydrogen-bond acceptors (Lipinski definition) is 8. The first kappa shape index (κ1) is 31.9. The number of urea groups is 1. The van der Waals surface area contributed by atoms with Gasteiger partial charge in [-0.05, 0) is 47.1 Å². The van der Waals surface area contributed by atoms with E-state index in [2.05, 4.69) is 10.6 Å². The summed E-state index contributed by atoms with van der Waals surface area (Å²) in [4.78, 5) is 78.8. The summed E-state index contributed by atoms with van der Waals surface area (Å²) in [5.74, 6) is -4.12. The Morgan fingerprint density at radius 3 is 2.22 bits per heavy atom. The van der Waals surface area contributed by atoms with E-state index in [1.807, 2.05) is 20.8 Å². The molecule has 0 radical (unpaired) electrons. The highest BCUT2D eigenvalue weighted by atomic mass is 32.2. The molecule has 0 aromatic heterocycles. The van der Waals surface area contributed by atoms with Crippen LogP contribution in [0.2, 0.25) is 0 Å². The number of likely N-dealkylation sites (N-methyl/N-ethyl adjacent to an activating group) is 1. The highest BCUT2D eigenvalue weighted by molar-refractivity contribution is 8.01. The fourth-order valence-corrected chi connectivity index (χ4v) is 6.32. The van der Waals surface area contributed by atoms with Crippen LogP contribution in [-0.2, 0) is 24.0 Å². The number of benzene rings is 1. The van der Waals surface area contributed by atoms with Crippen LogP contribution in [0.1, 0.15) is 53.1 Å². The molecule has 3 aliphatic rings. The molecule has 3 saturated heterocycles. The molecule has 3 fully saturated rings. The van der Waals surface area contributed by atoms with Crippen LogP contribution in [0.15, 0.2) is 30.3 Å². The first-order chi connectivity index (χ1) is 19.0. The van der Waals surface area contributed by atoms with Gasteiger partial charge >= 0.3 is 23.8 Å². The molecule has 224 valence electrons. The van der Waals surface area contributed by atoms with E-state index in [0.717, 1.165) is 4.90 Å². The number of carboxylic acid groups (broad SMARTS) is 1. The Bertz CT molecular complexity index is 1210. The molecule has 1 aromatic carbocycles. The van der Waals surface area contributed by atoms with E-state index in [4.69, 9.17) is 5.73 Å². The Morgan fingerprint density at radius 1 is 1.10 bits per heavy atom. The fraction of sp³-hybridized carbons (Fsp3) is 0.556. The molecule has 4 atom stereocenters. The van der Waals surface area contributed by atoms with Gasteiger partial charge in [0.15, 0.2) is 0 Å². The van der Waals surface area contributed by atoms with Crippen molar-refractivity contribution in [1.82, 2.24) is 25.3 Å². The van der Waals surface area contributed by atoms with E-state index in [0.29, 0.717) is 12.1 Å². The van der Waals surface area contributed by atoms with E-state index in [-0.39, 0.29) is 18.6 Å². The predicted molar refractivity (Wildman–Crippen MR) is 151 cm³/mol. The minimum Gasteiger partial charge on any atom is -0.480 e. The fourth-order valence-electron chi connectivity index (χ4n) is 4.70. The van der Waals surface area contributed by atoms with Gasteiger partial charge in [-0.3, -0.25) is 24.1 Å². The maximum absolute atomic E-state index is 13.3. The van der Waals surface area contributed by atoms with E-state index < -0.39 is 63.9 Å². The molecular formula is C27H38N6O7S. The lowest BCUT2D eigenvalue weighted by atomic mass is 9.95. The van der Waals surface area contributed by atoms with Crippen LogP contribution in [0.5, 0.6) is 0 Å². The lowest BCUT2D eigenvalue weighted by Crippen LogP contribution is -2.71. The third-order valence-electron chi connectivity index (χ3n) is 6.57. The Balaban J connectivity index is 0.000000850. The first-order valence-electron chi connectivity index (χ1n) is 13.3. The number of aliphatic carboxylic acids is 1. The van der Waals surface area contributed by atoms with Gasteiger partial charge in [0.2, 0.25) is 11.8 Å². The van der Waals surface area contributed by atoms with Crippen molar-refractivity contribution in [3.63, 3.8) is 0 Å². The largest absolute Gasteiger partial charge is 0.480 e. The van der Waals surface area contributed by atoms with Gasteiger partial charge < -0.3 is 31.3 Å². The number of nitrogens with zero attached hydrogens (tertiary/aromatic N) is 3. The summed E-state index contributed by atoms with van der Waals surface area (Å²) in [6.07, 6.45) is 0. The van der Waals surface area contributed by atoms with Gasteiger partial charge in [0.05, 0.1) is 0 Å². The molecule has 0 bridgehead atoms. The number of carbonyl (C=O) groups is 6. The molecular weight excluding hydrogens is 552 g/mol. The van der Waals surface area contributed by atoms with Gasteiger partial charge in [0, 0.05) is 29.9 Å². The second-order valence-corrected chi connectivity index (χ2v) is 13.4. The van der Waals surface area contributed by atoms with Crippen molar-refractivity contribution in [3.05, 3.63) is 35.9 Å². The lowest BCUT2D eigenvalue weighted by Gasteiger charge is -2.44. The molecule has 0 aliphatic carbocycles. The standard InChI is InChI=1S/C23H27N5O7S.C4H11N/c1-4-26-10-11-27(19(32)18(26)31)22(35)25-13(12-8-6-5-7-9-12)16(29)24-14-17(30)28-15(21(33)34)23(2,3)36-20(14)28;1-4(2,3)5/h5-9,13-15,20H,4,10-11H2,1-3H3,(H,24,29)(H,25,35)(H,33,34);5H2,1-3H3/t13?,14-,15+,20-;/m1./s1. The zero-order valence-electron chi connectivity index (χ0n) is 24.0. The van der Waals surface area contributed by atoms with Crippen LogP contribution in [0.25, 0.3) is 0 Å². The second kappa shape index (κ2) is 12.1. The van der Waals surface area contributed by atoms with Crippen LogP contribution < -0.4 is 16.4 Å². The molecule has 3 aliphatic heterocycles. The van der Waals surface area contributed by atoms with Gasteiger partial charge in [-0.1, -0.05) is 30.3 Å². The van der Waals surface area contributed by atoms with Gasteiger partial charge in [0.1, 0.15) is 23.5 Å². The Hall–Kier alpha value is -3.65. The number of nitrogens with two attached hydrogens (primary N) is 1. The van der Waals surface area contributed by atoms with Gasteiger partial charge in [-0.2, -0.15) is 0 Å². The molecule has 0 spiro atoms. The Morgan fingerprint density at radius 2 is 1.68 bits per heavy atom. The topological polar surface area (TPSA) is 182 Å². The van der Waals surface area contributed by atoms with E-state index in [1.165, 1.54) is 21.6 Å². The van der Waals surface area contributed by atoms with Crippen LogP contribution in [0.4, 0.5) is 4.79 Å². The summed E-state index contributed by atoms with van der Waals surface area (Å²) in [5.41, 5.74) is 5.76. The summed E-state index contributed by atoms with van der Waals surface area (Å²) < 4.78 is -0.758. The summed E-state index contributed by atoms with van der Waals surface area (Å²) in [6, 6.07) is 4.11. The number of amides is 6. The highest BCUT2D eigenvalue weighted by Crippen LogP contribution is 2.50. The number of carboxylic acids is 1. The third-order valence-corrected chi connectivity index (χ3v) is 8.14. The summed E-state index contributed by atoms with van der Waals surface area (Å²) >= 11 is 1.28. The average Bonchev–Trinajstić information content (AvgIpc) is 3.14. The number of β-lactam (4-membered cyclic amide) rings is 1. The van der Waals surface area contributed by atoms with Crippen molar-refractivity contribution in [1.29, 1.82) is 0 Å². The molecule has 0 saturated carbocycles. The number of hydrogen-bond donors (Lipinski definition) is 4. The molecule has 1 unspecified atom stereocenters. The summed E-state index contributed by atoms with van der Waals surface area (Å²) in [7, 11) is 0. The van der Waals surface area contributed by atoms with Gasteiger partial charge in [-0.25, -0.2) is 9.59 Å². The number of fused-ring (bicyclic) bond motifs is 1. The number of carbonyl (C=O) groups excluding carboxylic acids is 5. The number of rotatable bonds is 6. The number of nitrogens with one attached hydrogen (secondary N) is 2. The first-order valence-corrected chi connectivity index (χ1v) is 14.1. The number of piperazine rings is 1. The minimum atomic E-state index is -1.26. The number of imide groups is 1. The number of thioether (sulfide) groups is 1. The van der Waals surface area contributed by atoms with Gasteiger partial charge in [-0.15, -0.1) is 11.8 Å². The Labute approximate surface area is 243 Å². The maximum Gasteiger partial charge on any atom is 0.327 e. The molecule has 1 aromatic rings. The van der Waals surface area contributed by atoms with Crippen molar-refractivity contribution in [2.45, 2.75) is 75.3 Å². The quantitative estimate of drug-likeness (QED) is 0.271. The molecule has 6 amide bonds. The smallest absolute Gasteiger partial charge is 0.327 e. The SMILES string of the molecule is CC(C)(C)N.CCN1CCN(C(=O)NC(C(=O)N[C@@H]2C(=O)N3[C@@H]2SC(C)(C)[C@@H]3C(=O)O)c2ccccc2)C(=O)C1=O. The monoisotopic (exact) mass is 590 g/mol. The zero-order chi connectivity index (χ0) is 30.9. The van der Waals surface area contributed by atoms with Crippen molar-refractivity contribution < 1.29 is 33.9 Å². The normalized spacial score (nSPS) is 24.0. The predicted octanol–water partition coefficient (Wildman–Crippen LogP) is 0.503. The maximum atomic E-state index is 13.3. The highest BCUT2D eigenvalue weighted by Gasteiger charge is 2.64. The van der Waals surface area contributed by atoms with E-state index in [9.17, 15) is 33.9 Å². The molecule has 13 nitrogen and oxygen atoms in total. The minimum absolute atomic E-state index is 0. The third kappa shape index (κ3) is 6.99. The van der Waals surface area contributed by atoms with Crippen LogP contribution in [0, 0.1) is 0 Å². The molecule has 5 N–H and O–H groups in total. The van der Waals surface area contributed by atoms with Crippen LogP contribution in [-0.4, -0.2) is 103 Å². The summed E-state index contributed by atoms with van der Waals surface area (Å²) in [6.45, 7) is 11.6. The van der Waals surface area contributed by atoms with Gasteiger partial charge in [0.25, 0.3) is 0 Å². The van der Waals surface area contributed by atoms with Crippen LogP contribution in [0.3, 0.4) is 0 Å².